The number of para-hydroxylation sites is 2. The summed E-state index contributed by atoms with van der Waals surface area (Å²) in [6, 6.07) is 47.7. The Kier molecular flexibility index (Phi) is 14.0. The molecule has 1 heterocycles. The topological polar surface area (TPSA) is 6.48 Å². The fraction of sp³-hybridized carbons (Fsp3) is 0.283. The van der Waals surface area contributed by atoms with E-state index in [2.05, 4.69) is 211 Å². The molecule has 0 bridgehead atoms. The van der Waals surface area contributed by atoms with Crippen molar-refractivity contribution in [2.24, 2.45) is 0 Å². The predicted molar refractivity (Wildman–Crippen MR) is 230 cm³/mol. The van der Waals surface area contributed by atoms with Crippen molar-refractivity contribution in [3.05, 3.63) is 162 Å². The number of anilines is 2. The molecule has 0 spiro atoms. The average Bonchev–Trinajstić information content (AvgIpc) is 3.56. The molecule has 0 saturated heterocycles. The van der Waals surface area contributed by atoms with Gasteiger partial charge in [-0.1, -0.05) is 183 Å². The van der Waals surface area contributed by atoms with Gasteiger partial charge in [-0.3, -0.25) is 0 Å². The van der Waals surface area contributed by atoms with Crippen LogP contribution in [0.3, 0.4) is 0 Å². The van der Waals surface area contributed by atoms with Crippen LogP contribution in [0.5, 0.6) is 0 Å². The van der Waals surface area contributed by atoms with E-state index in [1.807, 2.05) is 0 Å². The molecule has 0 fully saturated rings. The van der Waals surface area contributed by atoms with Crippen LogP contribution in [0.2, 0.25) is 0 Å². The summed E-state index contributed by atoms with van der Waals surface area (Å²) in [7, 11) is 9.40. The van der Waals surface area contributed by atoms with E-state index in [1.165, 1.54) is 49.5 Å². The van der Waals surface area contributed by atoms with Gasteiger partial charge in [0.1, 0.15) is 6.17 Å². The molecule has 0 saturated carbocycles. The van der Waals surface area contributed by atoms with Crippen molar-refractivity contribution in [3.8, 4) is 0 Å². The van der Waals surface area contributed by atoms with Gasteiger partial charge < -0.3 is 9.80 Å². The summed E-state index contributed by atoms with van der Waals surface area (Å²) in [6.45, 7) is 16.3. The van der Waals surface area contributed by atoms with Gasteiger partial charge in [0.25, 0.3) is 0 Å². The van der Waals surface area contributed by atoms with Gasteiger partial charge in [0.15, 0.2) is 0 Å². The quantitative estimate of drug-likeness (QED) is 0.103. The van der Waals surface area contributed by atoms with E-state index in [0.29, 0.717) is 36.3 Å². The van der Waals surface area contributed by atoms with Crippen molar-refractivity contribution >= 4 is 60.4 Å². The second-order valence-corrected chi connectivity index (χ2v) is 19.6. The van der Waals surface area contributed by atoms with E-state index in [1.54, 1.807) is 0 Å². The summed E-state index contributed by atoms with van der Waals surface area (Å²) in [5.74, 6) is 4.26. The molecule has 0 N–H and O–H groups in total. The van der Waals surface area contributed by atoms with Gasteiger partial charge in [-0.2, -0.15) is 0 Å². The zero-order chi connectivity index (χ0) is 37.4. The fourth-order valence-electron chi connectivity index (χ4n) is 7.53. The van der Waals surface area contributed by atoms with Gasteiger partial charge >= 0.3 is 33.0 Å². The molecular formula is C46H53Cl2N2NiP. The Hall–Kier alpha value is -3.19. The number of hydrogen-bond donors (Lipinski definition) is 0. The third kappa shape index (κ3) is 8.30. The zero-order valence-electron chi connectivity index (χ0n) is 31.7. The van der Waals surface area contributed by atoms with Crippen LogP contribution in [0.4, 0.5) is 11.4 Å². The molecule has 2 nitrogen and oxygen atoms in total. The normalized spacial score (nSPS) is 13.4. The zero-order valence-corrected chi connectivity index (χ0v) is 35.1. The third-order valence-electron chi connectivity index (χ3n) is 10.0. The van der Waals surface area contributed by atoms with E-state index in [-0.39, 0.29) is 6.17 Å². The Morgan fingerprint density at radius 1 is 0.462 bits per heavy atom. The first kappa shape index (κ1) is 40.0. The van der Waals surface area contributed by atoms with E-state index < -0.39 is 6.89 Å². The number of benzene rings is 5. The number of nitrogens with zero attached hydrogens (tertiary/aromatic N) is 2. The molecular weight excluding hydrogens is 741 g/mol. The minimum absolute atomic E-state index is 0.0799. The van der Waals surface area contributed by atoms with Crippen molar-refractivity contribution in [3.63, 3.8) is 0 Å². The van der Waals surface area contributed by atoms with Crippen LogP contribution in [0.25, 0.3) is 0 Å². The SMILES string of the molecule is CC(C)c1cccc(C(C)C)c1N1C=CN(c2c(C(C)C)cccc2C(C)C)C1C=P(c1ccccc1)(c1ccccc1)c1ccccc1.[Cl][Ni][Cl]. The second kappa shape index (κ2) is 18.2. The van der Waals surface area contributed by atoms with Crippen LogP contribution in [-0.2, 0) is 12.7 Å². The van der Waals surface area contributed by atoms with E-state index in [0.717, 1.165) is 0 Å². The Bertz CT molecular complexity index is 1750. The first-order valence-corrected chi connectivity index (χ1v) is 22.9. The van der Waals surface area contributed by atoms with Gasteiger partial charge in [0.05, 0.1) is 0 Å². The summed E-state index contributed by atoms with van der Waals surface area (Å²) < 4.78 is 0. The molecule has 0 atom stereocenters. The molecule has 276 valence electrons. The number of halogens is 2. The minimum atomic E-state index is -2.32. The molecule has 1 aliphatic rings. The summed E-state index contributed by atoms with van der Waals surface area (Å²) in [5, 5.41) is 4.09. The molecule has 6 rings (SSSR count). The molecule has 0 amide bonds. The molecule has 5 aromatic rings. The fourth-order valence-corrected chi connectivity index (χ4v) is 11.6. The monoisotopic (exact) mass is 792 g/mol. The Labute approximate surface area is 328 Å². The maximum atomic E-state index is 4.70. The van der Waals surface area contributed by atoms with Crippen LogP contribution in [0, 0.1) is 0 Å². The van der Waals surface area contributed by atoms with E-state index in [9.17, 15) is 0 Å². The summed E-state index contributed by atoms with van der Waals surface area (Å²) >= 11 is 0.569. The molecule has 0 aromatic heterocycles. The summed E-state index contributed by atoms with van der Waals surface area (Å²) in [4.78, 5) is 5.21. The van der Waals surface area contributed by atoms with Crippen molar-refractivity contribution in [1.82, 2.24) is 0 Å². The van der Waals surface area contributed by atoms with Gasteiger partial charge in [-0.25, -0.2) is 0 Å². The van der Waals surface area contributed by atoms with E-state index in [4.69, 9.17) is 20.4 Å². The van der Waals surface area contributed by atoms with Crippen LogP contribution >= 0.6 is 27.3 Å². The molecule has 6 heteroatoms. The molecule has 52 heavy (non-hydrogen) atoms. The van der Waals surface area contributed by atoms with Crippen molar-refractivity contribution in [1.29, 1.82) is 0 Å². The van der Waals surface area contributed by atoms with Crippen LogP contribution < -0.4 is 25.7 Å². The molecule has 0 aliphatic carbocycles. The average molecular weight is 795 g/mol. The van der Waals surface area contributed by atoms with Crippen molar-refractivity contribution in [2.75, 3.05) is 9.80 Å². The Morgan fingerprint density at radius 3 is 0.981 bits per heavy atom. The van der Waals surface area contributed by atoms with Gasteiger partial charge in [-0.15, -0.1) is 0 Å². The summed E-state index contributed by atoms with van der Waals surface area (Å²) in [6.07, 6.45) is 4.65. The van der Waals surface area contributed by atoms with Gasteiger partial charge in [0, 0.05) is 23.8 Å². The van der Waals surface area contributed by atoms with Gasteiger partial charge in [0.2, 0.25) is 0 Å². The van der Waals surface area contributed by atoms with Gasteiger partial charge in [-0.05, 0) is 74.5 Å². The molecule has 0 radical (unpaired) electrons. The van der Waals surface area contributed by atoms with E-state index >= 15 is 0 Å². The Balaban J connectivity index is 0.00000168. The maximum absolute atomic E-state index is 4.70. The van der Waals surface area contributed by atoms with Crippen LogP contribution in [0.15, 0.2) is 140 Å². The first-order chi connectivity index (χ1) is 25.1. The predicted octanol–water partition coefficient (Wildman–Crippen LogP) is 12.5. The van der Waals surface area contributed by atoms with Crippen molar-refractivity contribution < 1.29 is 12.7 Å². The van der Waals surface area contributed by atoms with Crippen LogP contribution in [-0.4, -0.2) is 12.0 Å². The molecule has 1 aliphatic heterocycles. The molecule has 0 unspecified atom stereocenters. The standard InChI is InChI=1S/C46H53N2P.2ClH.Ni/c1-33(2)40-26-18-27-41(34(3)4)45(40)47-30-31-48(46-42(35(5)6)28-19-29-43(46)36(7)8)44(47)32-49(37-20-12-9-13-21-37,38-22-14-10-15-23-38)39-24-16-11-17-25-39;;;/h9-36,44H,1-8H3;2*1H;/q;;;+2/p-2. The number of rotatable bonds is 10. The second-order valence-electron chi connectivity index (χ2n) is 14.6. The first-order valence-electron chi connectivity index (χ1n) is 18.3. The Morgan fingerprint density at radius 2 is 0.731 bits per heavy atom. The third-order valence-corrected chi connectivity index (χ3v) is 14.1. The number of hydrogen-bond acceptors (Lipinski definition) is 2. The molecule has 5 aromatic carbocycles. The van der Waals surface area contributed by atoms with Crippen LogP contribution in [0.1, 0.15) is 101 Å². The van der Waals surface area contributed by atoms with Crippen molar-refractivity contribution in [2.45, 2.75) is 85.2 Å². The summed E-state index contributed by atoms with van der Waals surface area (Å²) in [5.41, 5.74) is 8.24.